The van der Waals surface area contributed by atoms with E-state index >= 15 is 0 Å². The monoisotopic (exact) mass is 365 g/mol. The fourth-order valence-electron chi connectivity index (χ4n) is 2.57. The minimum absolute atomic E-state index is 0.278. The summed E-state index contributed by atoms with van der Waals surface area (Å²) in [6, 6.07) is 13.5. The van der Waals surface area contributed by atoms with E-state index in [9.17, 15) is 9.59 Å². The van der Waals surface area contributed by atoms with E-state index in [1.807, 2.05) is 13.0 Å². The summed E-state index contributed by atoms with van der Waals surface area (Å²) in [6.07, 6.45) is 3.12. The Balaban J connectivity index is 1.71. The van der Waals surface area contributed by atoms with Gasteiger partial charge in [-0.3, -0.25) is 4.79 Å². The second-order valence-corrected chi connectivity index (χ2v) is 5.67. The van der Waals surface area contributed by atoms with Crippen LogP contribution < -0.4 is 20.4 Å². The number of rotatable bonds is 6. The molecule has 3 rings (SSSR count). The van der Waals surface area contributed by atoms with Gasteiger partial charge in [-0.15, -0.1) is 0 Å². The van der Waals surface area contributed by atoms with Gasteiger partial charge in [0.1, 0.15) is 5.58 Å². The van der Waals surface area contributed by atoms with E-state index in [-0.39, 0.29) is 5.91 Å². The lowest BCUT2D eigenvalue weighted by Gasteiger charge is -2.09. The van der Waals surface area contributed by atoms with Gasteiger partial charge in [-0.2, -0.15) is 0 Å². The molecular weight excluding hydrogens is 346 g/mol. The number of ether oxygens (including phenoxy) is 2. The molecule has 0 radical (unpaired) electrons. The summed E-state index contributed by atoms with van der Waals surface area (Å²) >= 11 is 0. The molecule has 2 aromatic carbocycles. The largest absolute Gasteiger partial charge is 0.493 e. The number of benzene rings is 2. The highest BCUT2D eigenvalue weighted by Crippen LogP contribution is 2.28. The van der Waals surface area contributed by atoms with E-state index in [0.717, 1.165) is 10.9 Å². The smallest absolute Gasteiger partial charge is 0.336 e. The number of amides is 1. The molecule has 6 nitrogen and oxygen atoms in total. The van der Waals surface area contributed by atoms with Gasteiger partial charge in [0.05, 0.1) is 13.7 Å². The van der Waals surface area contributed by atoms with Crippen LogP contribution in [0, 0.1) is 0 Å². The molecular formula is C21H19NO5. The zero-order chi connectivity index (χ0) is 19.2. The standard InChI is InChI=1S/C21H19NO5/c1-3-26-18-8-4-14(12-19(18)25-2)5-10-20(23)22-16-7-9-17-15(13-16)6-11-21(24)27-17/h4-13H,3H2,1-2H3,(H,22,23)/b10-5+. The van der Waals surface area contributed by atoms with E-state index in [4.69, 9.17) is 13.9 Å². The van der Waals surface area contributed by atoms with Crippen LogP contribution in [0.25, 0.3) is 17.0 Å². The highest BCUT2D eigenvalue weighted by molar-refractivity contribution is 6.02. The van der Waals surface area contributed by atoms with Crippen molar-refractivity contribution in [3.63, 3.8) is 0 Å². The highest BCUT2D eigenvalue weighted by atomic mass is 16.5. The molecule has 1 amide bonds. The molecule has 27 heavy (non-hydrogen) atoms. The molecule has 6 heteroatoms. The molecule has 0 fully saturated rings. The molecule has 0 atom stereocenters. The van der Waals surface area contributed by atoms with Gasteiger partial charge in [0, 0.05) is 23.2 Å². The Kier molecular flexibility index (Phi) is 5.56. The highest BCUT2D eigenvalue weighted by Gasteiger charge is 2.05. The van der Waals surface area contributed by atoms with Crippen LogP contribution in [0.2, 0.25) is 0 Å². The van der Waals surface area contributed by atoms with Crippen molar-refractivity contribution in [3.05, 3.63) is 70.6 Å². The second kappa shape index (κ2) is 8.23. The third-order valence-corrected chi connectivity index (χ3v) is 3.80. The van der Waals surface area contributed by atoms with Crippen molar-refractivity contribution in [2.45, 2.75) is 6.92 Å². The summed E-state index contributed by atoms with van der Waals surface area (Å²) < 4.78 is 15.8. The van der Waals surface area contributed by atoms with Crippen LogP contribution in [0.3, 0.4) is 0 Å². The third-order valence-electron chi connectivity index (χ3n) is 3.80. The lowest BCUT2D eigenvalue weighted by atomic mass is 10.2. The van der Waals surface area contributed by atoms with Crippen LogP contribution in [-0.2, 0) is 4.79 Å². The first-order valence-corrected chi connectivity index (χ1v) is 8.43. The maximum atomic E-state index is 12.2. The Morgan fingerprint density at radius 2 is 1.96 bits per heavy atom. The molecule has 0 unspecified atom stereocenters. The van der Waals surface area contributed by atoms with Gasteiger partial charge in [-0.05, 0) is 55.0 Å². The van der Waals surface area contributed by atoms with E-state index in [1.165, 1.54) is 12.1 Å². The maximum absolute atomic E-state index is 12.2. The van der Waals surface area contributed by atoms with E-state index in [2.05, 4.69) is 5.32 Å². The van der Waals surface area contributed by atoms with Crippen molar-refractivity contribution in [3.8, 4) is 11.5 Å². The first kappa shape index (κ1) is 18.3. The molecule has 0 aliphatic rings. The predicted molar refractivity (Wildman–Crippen MR) is 104 cm³/mol. The number of methoxy groups -OCH3 is 1. The summed E-state index contributed by atoms with van der Waals surface area (Å²) in [5, 5.41) is 3.51. The Labute approximate surface area is 156 Å². The molecule has 138 valence electrons. The third kappa shape index (κ3) is 4.55. The predicted octanol–water partition coefficient (Wildman–Crippen LogP) is 3.85. The van der Waals surface area contributed by atoms with Crippen molar-refractivity contribution in [1.82, 2.24) is 0 Å². The maximum Gasteiger partial charge on any atom is 0.336 e. The molecule has 0 aliphatic carbocycles. The van der Waals surface area contributed by atoms with Crippen LogP contribution in [0.1, 0.15) is 12.5 Å². The lowest BCUT2D eigenvalue weighted by molar-refractivity contribution is -0.111. The molecule has 0 saturated carbocycles. The molecule has 0 saturated heterocycles. The average Bonchev–Trinajstić information content (AvgIpc) is 2.67. The van der Waals surface area contributed by atoms with Crippen LogP contribution in [0.4, 0.5) is 5.69 Å². The first-order valence-electron chi connectivity index (χ1n) is 8.43. The molecule has 1 N–H and O–H groups in total. The summed E-state index contributed by atoms with van der Waals surface area (Å²) in [5.41, 5.74) is 1.48. The summed E-state index contributed by atoms with van der Waals surface area (Å²) in [6.45, 7) is 2.45. The number of hydrogen-bond donors (Lipinski definition) is 1. The minimum atomic E-state index is -0.409. The second-order valence-electron chi connectivity index (χ2n) is 5.67. The molecule has 3 aromatic rings. The van der Waals surface area contributed by atoms with Gasteiger partial charge < -0.3 is 19.2 Å². The zero-order valence-corrected chi connectivity index (χ0v) is 15.0. The first-order chi connectivity index (χ1) is 13.1. The average molecular weight is 365 g/mol. The minimum Gasteiger partial charge on any atom is -0.493 e. The summed E-state index contributed by atoms with van der Waals surface area (Å²) in [4.78, 5) is 23.4. The van der Waals surface area contributed by atoms with Gasteiger partial charge in [0.25, 0.3) is 0 Å². The van der Waals surface area contributed by atoms with Crippen molar-refractivity contribution < 1.29 is 18.7 Å². The lowest BCUT2D eigenvalue weighted by Crippen LogP contribution is -2.07. The van der Waals surface area contributed by atoms with Gasteiger partial charge >= 0.3 is 5.63 Å². The van der Waals surface area contributed by atoms with Crippen molar-refractivity contribution in [1.29, 1.82) is 0 Å². The summed E-state index contributed by atoms with van der Waals surface area (Å²) in [7, 11) is 1.57. The van der Waals surface area contributed by atoms with Crippen molar-refractivity contribution in [2.24, 2.45) is 0 Å². The van der Waals surface area contributed by atoms with Crippen LogP contribution in [-0.4, -0.2) is 19.6 Å². The number of carbonyl (C=O) groups excluding carboxylic acids is 1. The van der Waals surface area contributed by atoms with Gasteiger partial charge in [-0.1, -0.05) is 6.07 Å². The zero-order valence-electron chi connectivity index (χ0n) is 15.0. The SMILES string of the molecule is CCOc1ccc(/C=C/C(=O)Nc2ccc3oc(=O)ccc3c2)cc1OC. The molecule has 0 spiro atoms. The van der Waals surface area contributed by atoms with Crippen molar-refractivity contribution >= 4 is 28.6 Å². The normalized spacial score (nSPS) is 10.9. The molecule has 0 aliphatic heterocycles. The van der Waals surface area contributed by atoms with Crippen LogP contribution in [0.15, 0.2) is 63.8 Å². The van der Waals surface area contributed by atoms with Crippen LogP contribution >= 0.6 is 0 Å². The Morgan fingerprint density at radius 1 is 1.11 bits per heavy atom. The van der Waals surface area contributed by atoms with Crippen molar-refractivity contribution in [2.75, 3.05) is 19.0 Å². The fourth-order valence-corrected chi connectivity index (χ4v) is 2.57. The Hall–Kier alpha value is -3.54. The number of carbonyl (C=O) groups is 1. The summed E-state index contributed by atoms with van der Waals surface area (Å²) in [5.74, 6) is 0.986. The Morgan fingerprint density at radius 3 is 2.74 bits per heavy atom. The number of anilines is 1. The molecule has 1 heterocycles. The molecule has 1 aromatic heterocycles. The van der Waals surface area contributed by atoms with Gasteiger partial charge in [0.15, 0.2) is 11.5 Å². The number of fused-ring (bicyclic) bond motifs is 1. The number of nitrogens with one attached hydrogen (secondary N) is 1. The molecule has 0 bridgehead atoms. The van der Waals surface area contributed by atoms with E-state index in [1.54, 1.807) is 49.6 Å². The quantitative estimate of drug-likeness (QED) is 0.530. The van der Waals surface area contributed by atoms with E-state index < -0.39 is 5.63 Å². The fraction of sp³-hybridized carbons (Fsp3) is 0.143. The van der Waals surface area contributed by atoms with Gasteiger partial charge in [0.2, 0.25) is 5.91 Å². The van der Waals surface area contributed by atoms with Gasteiger partial charge in [-0.25, -0.2) is 4.79 Å². The topological polar surface area (TPSA) is 77.8 Å². The number of hydrogen-bond acceptors (Lipinski definition) is 5. The van der Waals surface area contributed by atoms with E-state index in [0.29, 0.717) is 29.4 Å². The van der Waals surface area contributed by atoms with Crippen LogP contribution in [0.5, 0.6) is 11.5 Å². The Bertz CT molecular complexity index is 1050.